The fraction of sp³-hybridized carbons (Fsp3) is 0.333. The molecule has 0 fully saturated rings. The van der Waals surface area contributed by atoms with E-state index >= 15 is 0 Å². The van der Waals surface area contributed by atoms with Crippen molar-refractivity contribution in [1.82, 2.24) is 20.0 Å². The largest absolute Gasteiger partial charge is 0.468 e. The van der Waals surface area contributed by atoms with E-state index in [2.05, 4.69) is 41.3 Å². The van der Waals surface area contributed by atoms with Gasteiger partial charge in [0.05, 0.1) is 31.2 Å². The van der Waals surface area contributed by atoms with Crippen molar-refractivity contribution in [3.05, 3.63) is 39.0 Å². The van der Waals surface area contributed by atoms with Crippen molar-refractivity contribution < 1.29 is 9.53 Å². The molecule has 0 radical (unpaired) electrons. The Hall–Kier alpha value is -2.16. The summed E-state index contributed by atoms with van der Waals surface area (Å²) in [5, 5.41) is 13.7. The summed E-state index contributed by atoms with van der Waals surface area (Å²) in [6.07, 6.45) is 4.93. The van der Waals surface area contributed by atoms with Crippen molar-refractivity contribution in [2.75, 3.05) is 12.4 Å². The number of H-pyrrole nitrogens is 1. The van der Waals surface area contributed by atoms with Crippen LogP contribution in [0.5, 0.6) is 0 Å². The fourth-order valence-electron chi connectivity index (χ4n) is 1.68. The van der Waals surface area contributed by atoms with Crippen molar-refractivity contribution in [2.24, 2.45) is 0 Å². The highest BCUT2D eigenvalue weighted by molar-refractivity contribution is 9.10. The molecular weight excluding hydrogens is 342 g/mol. The highest BCUT2D eigenvalue weighted by Gasteiger charge is 2.14. The minimum Gasteiger partial charge on any atom is -0.468 e. The van der Waals surface area contributed by atoms with Crippen LogP contribution in [0.15, 0.2) is 27.9 Å². The van der Waals surface area contributed by atoms with Crippen molar-refractivity contribution in [2.45, 2.75) is 19.5 Å². The minimum absolute atomic E-state index is 0.0577. The Kier molecular flexibility index (Phi) is 4.73. The van der Waals surface area contributed by atoms with Gasteiger partial charge in [0.1, 0.15) is 11.0 Å². The fourth-order valence-corrected chi connectivity index (χ4v) is 2.10. The molecule has 0 aliphatic heterocycles. The Bertz CT molecular complexity index is 683. The van der Waals surface area contributed by atoms with Crippen molar-refractivity contribution in [1.29, 1.82) is 0 Å². The quantitative estimate of drug-likeness (QED) is 0.778. The number of aromatic nitrogens is 4. The number of methoxy groups -OCH3 is 1. The number of aromatic amines is 1. The van der Waals surface area contributed by atoms with E-state index in [0.717, 1.165) is 10.2 Å². The van der Waals surface area contributed by atoms with Crippen LogP contribution in [0.1, 0.15) is 18.5 Å². The molecule has 1 atom stereocenters. The van der Waals surface area contributed by atoms with E-state index in [0.29, 0.717) is 10.2 Å². The van der Waals surface area contributed by atoms with Gasteiger partial charge in [0.25, 0.3) is 5.56 Å². The van der Waals surface area contributed by atoms with Gasteiger partial charge in [-0.2, -0.15) is 10.2 Å². The van der Waals surface area contributed by atoms with Crippen LogP contribution < -0.4 is 10.9 Å². The topological polar surface area (TPSA) is 102 Å². The molecular formula is C12H14BrN5O3. The van der Waals surface area contributed by atoms with E-state index in [-0.39, 0.29) is 12.6 Å². The molecule has 0 aromatic carbocycles. The van der Waals surface area contributed by atoms with Crippen LogP contribution in [-0.2, 0) is 16.1 Å². The first-order valence-corrected chi connectivity index (χ1v) is 6.90. The van der Waals surface area contributed by atoms with E-state index in [4.69, 9.17) is 0 Å². The molecule has 2 heterocycles. The zero-order valence-corrected chi connectivity index (χ0v) is 13.0. The molecule has 0 aliphatic carbocycles. The molecule has 0 amide bonds. The molecule has 2 N–H and O–H groups in total. The maximum absolute atomic E-state index is 12.1. The van der Waals surface area contributed by atoms with Gasteiger partial charge in [-0.25, -0.2) is 4.68 Å². The Morgan fingerprint density at radius 1 is 1.57 bits per heavy atom. The summed E-state index contributed by atoms with van der Waals surface area (Å²) in [6, 6.07) is -0.0577. The summed E-state index contributed by atoms with van der Waals surface area (Å²) in [6.45, 7) is 1.70. The molecule has 8 nitrogen and oxygen atoms in total. The van der Waals surface area contributed by atoms with Crippen LogP contribution in [0.2, 0.25) is 0 Å². The van der Waals surface area contributed by atoms with Crippen LogP contribution in [0.4, 0.5) is 5.69 Å². The van der Waals surface area contributed by atoms with Crippen molar-refractivity contribution >= 4 is 27.6 Å². The zero-order chi connectivity index (χ0) is 15.4. The summed E-state index contributed by atoms with van der Waals surface area (Å²) in [5.41, 5.74) is 1.07. The molecule has 0 saturated carbocycles. The van der Waals surface area contributed by atoms with E-state index in [9.17, 15) is 9.59 Å². The van der Waals surface area contributed by atoms with Gasteiger partial charge in [0, 0.05) is 11.8 Å². The number of rotatable bonds is 5. The number of nitrogens with zero attached hydrogens (tertiary/aromatic N) is 3. The molecule has 2 rings (SSSR count). The summed E-state index contributed by atoms with van der Waals surface area (Å²) < 4.78 is 5.85. The Labute approximate surface area is 128 Å². The SMILES string of the molecule is COC(=O)Cn1ncc(NC(C)c2cn[nH]c2)c(Br)c1=O. The molecule has 1 unspecified atom stereocenters. The zero-order valence-electron chi connectivity index (χ0n) is 11.5. The monoisotopic (exact) mass is 355 g/mol. The lowest BCUT2D eigenvalue weighted by Crippen LogP contribution is -2.28. The maximum atomic E-state index is 12.1. The second-order valence-corrected chi connectivity index (χ2v) is 5.10. The smallest absolute Gasteiger partial charge is 0.327 e. The Morgan fingerprint density at radius 3 is 2.95 bits per heavy atom. The van der Waals surface area contributed by atoms with Gasteiger partial charge in [-0.1, -0.05) is 0 Å². The Morgan fingerprint density at radius 2 is 2.33 bits per heavy atom. The van der Waals surface area contributed by atoms with Crippen LogP contribution >= 0.6 is 15.9 Å². The van der Waals surface area contributed by atoms with Gasteiger partial charge in [0.2, 0.25) is 0 Å². The number of esters is 1. The molecule has 0 aliphatic rings. The third-order valence-electron chi connectivity index (χ3n) is 2.88. The average molecular weight is 356 g/mol. The second kappa shape index (κ2) is 6.53. The predicted molar refractivity (Wildman–Crippen MR) is 78.8 cm³/mol. The number of hydrogen-bond acceptors (Lipinski definition) is 6. The summed E-state index contributed by atoms with van der Waals surface area (Å²) in [7, 11) is 1.25. The van der Waals surface area contributed by atoms with E-state index in [1.807, 2.05) is 6.92 Å². The number of hydrogen-bond donors (Lipinski definition) is 2. The summed E-state index contributed by atoms with van der Waals surface area (Å²) in [5.74, 6) is -0.538. The lowest BCUT2D eigenvalue weighted by atomic mass is 10.2. The van der Waals surface area contributed by atoms with Crippen molar-refractivity contribution in [3.63, 3.8) is 0 Å². The first kappa shape index (κ1) is 15.2. The van der Waals surface area contributed by atoms with Gasteiger partial charge >= 0.3 is 5.97 Å². The van der Waals surface area contributed by atoms with Crippen LogP contribution in [0.25, 0.3) is 0 Å². The normalized spacial score (nSPS) is 12.0. The van der Waals surface area contributed by atoms with Crippen LogP contribution in [-0.4, -0.2) is 33.1 Å². The van der Waals surface area contributed by atoms with Crippen molar-refractivity contribution in [3.8, 4) is 0 Å². The number of carbonyl (C=O) groups is 1. The third-order valence-corrected chi connectivity index (χ3v) is 3.65. The summed E-state index contributed by atoms with van der Waals surface area (Å²) >= 11 is 3.22. The highest BCUT2D eigenvalue weighted by Crippen LogP contribution is 2.22. The Balaban J connectivity index is 2.21. The average Bonchev–Trinajstić information content (AvgIpc) is 3.01. The number of anilines is 1. The maximum Gasteiger partial charge on any atom is 0.327 e. The van der Waals surface area contributed by atoms with Gasteiger partial charge in [0.15, 0.2) is 0 Å². The highest BCUT2D eigenvalue weighted by atomic mass is 79.9. The van der Waals surface area contributed by atoms with E-state index in [1.54, 1.807) is 12.4 Å². The van der Waals surface area contributed by atoms with Crippen LogP contribution in [0.3, 0.4) is 0 Å². The first-order chi connectivity index (χ1) is 10.0. The predicted octanol–water partition coefficient (Wildman–Crippen LogP) is 1.07. The molecule has 21 heavy (non-hydrogen) atoms. The van der Waals surface area contributed by atoms with Gasteiger partial charge in [-0.15, -0.1) is 0 Å². The van der Waals surface area contributed by atoms with Gasteiger partial charge in [-0.05, 0) is 22.9 Å². The third kappa shape index (κ3) is 3.48. The molecule has 0 spiro atoms. The standard InChI is InChI=1S/C12H14BrN5O3/c1-7(8-3-14-15-4-8)17-9-5-16-18(6-10(19)21-2)12(20)11(9)13/h3-5,7,17H,6H2,1-2H3,(H,14,15). The molecule has 0 saturated heterocycles. The molecule has 9 heteroatoms. The number of nitrogens with one attached hydrogen (secondary N) is 2. The van der Waals surface area contributed by atoms with Crippen LogP contribution in [0, 0.1) is 0 Å². The lowest BCUT2D eigenvalue weighted by molar-refractivity contribution is -0.141. The minimum atomic E-state index is -0.538. The van der Waals surface area contributed by atoms with Gasteiger partial charge in [-0.3, -0.25) is 14.7 Å². The van der Waals surface area contributed by atoms with E-state index < -0.39 is 11.5 Å². The lowest BCUT2D eigenvalue weighted by Gasteiger charge is -2.15. The molecule has 2 aromatic rings. The molecule has 112 valence electrons. The number of ether oxygens (including phenoxy) is 1. The van der Waals surface area contributed by atoms with E-state index in [1.165, 1.54) is 13.3 Å². The molecule has 0 bridgehead atoms. The van der Waals surface area contributed by atoms with Gasteiger partial charge < -0.3 is 10.1 Å². The molecule has 2 aromatic heterocycles. The number of carbonyl (C=O) groups excluding carboxylic acids is 1. The summed E-state index contributed by atoms with van der Waals surface area (Å²) in [4.78, 5) is 23.3. The second-order valence-electron chi connectivity index (χ2n) is 4.31. The first-order valence-electron chi connectivity index (χ1n) is 6.10. The number of halogens is 1.